The Morgan fingerprint density at radius 1 is 1.31 bits per heavy atom. The van der Waals surface area contributed by atoms with Gasteiger partial charge in [0.2, 0.25) is 6.79 Å². The molecule has 0 aromatic heterocycles. The monoisotopic (exact) mass is 225 g/mol. The standard InChI is InChI=1S/C11H15NO4/c1-13-5-8(12)6-14-9-2-3-10-11(4-9)16-7-15-10/h2-4,8H,5-7,12H2,1H3. The van der Waals surface area contributed by atoms with Crippen molar-refractivity contribution in [2.75, 3.05) is 27.1 Å². The van der Waals surface area contributed by atoms with Crippen LogP contribution in [0.25, 0.3) is 0 Å². The number of hydrogen-bond acceptors (Lipinski definition) is 5. The normalized spacial score (nSPS) is 14.9. The van der Waals surface area contributed by atoms with Crippen LogP contribution in [0.4, 0.5) is 0 Å². The number of methoxy groups -OCH3 is 1. The second-order valence-electron chi connectivity index (χ2n) is 3.54. The van der Waals surface area contributed by atoms with E-state index in [0.717, 1.165) is 11.5 Å². The summed E-state index contributed by atoms with van der Waals surface area (Å²) < 4.78 is 20.9. The van der Waals surface area contributed by atoms with Gasteiger partial charge in [0.15, 0.2) is 11.5 Å². The molecule has 0 saturated heterocycles. The van der Waals surface area contributed by atoms with E-state index >= 15 is 0 Å². The van der Waals surface area contributed by atoms with E-state index in [9.17, 15) is 0 Å². The predicted molar refractivity (Wildman–Crippen MR) is 57.9 cm³/mol. The van der Waals surface area contributed by atoms with Gasteiger partial charge in [0.1, 0.15) is 12.4 Å². The van der Waals surface area contributed by atoms with Crippen molar-refractivity contribution in [2.45, 2.75) is 6.04 Å². The molecule has 1 aromatic carbocycles. The number of benzene rings is 1. The molecule has 88 valence electrons. The molecule has 1 unspecified atom stereocenters. The summed E-state index contributed by atoms with van der Waals surface area (Å²) in [7, 11) is 1.61. The smallest absolute Gasteiger partial charge is 0.231 e. The SMILES string of the molecule is COCC(N)COc1ccc2c(c1)OCO2. The van der Waals surface area contributed by atoms with Gasteiger partial charge in [-0.25, -0.2) is 0 Å². The number of fused-ring (bicyclic) bond motifs is 1. The topological polar surface area (TPSA) is 62.9 Å². The minimum atomic E-state index is -0.129. The summed E-state index contributed by atoms with van der Waals surface area (Å²) in [6, 6.07) is 5.31. The maximum absolute atomic E-state index is 5.74. The second-order valence-corrected chi connectivity index (χ2v) is 3.54. The summed E-state index contributed by atoms with van der Waals surface area (Å²) in [5.41, 5.74) is 5.74. The lowest BCUT2D eigenvalue weighted by Gasteiger charge is -2.12. The Balaban J connectivity index is 1.90. The number of ether oxygens (including phenoxy) is 4. The predicted octanol–water partition coefficient (Wildman–Crippen LogP) is 0.768. The Morgan fingerprint density at radius 2 is 2.12 bits per heavy atom. The first-order chi connectivity index (χ1) is 7.79. The Kier molecular flexibility index (Phi) is 3.48. The van der Waals surface area contributed by atoms with Crippen LogP contribution in [-0.2, 0) is 4.74 Å². The highest BCUT2D eigenvalue weighted by Crippen LogP contribution is 2.34. The minimum Gasteiger partial charge on any atom is -0.492 e. The molecule has 2 N–H and O–H groups in total. The van der Waals surface area contributed by atoms with Gasteiger partial charge in [0, 0.05) is 13.2 Å². The van der Waals surface area contributed by atoms with E-state index in [1.54, 1.807) is 13.2 Å². The molecule has 16 heavy (non-hydrogen) atoms. The third-order valence-corrected chi connectivity index (χ3v) is 2.19. The van der Waals surface area contributed by atoms with Crippen LogP contribution >= 0.6 is 0 Å². The second kappa shape index (κ2) is 5.05. The van der Waals surface area contributed by atoms with E-state index in [-0.39, 0.29) is 12.8 Å². The summed E-state index contributed by atoms with van der Waals surface area (Å²) in [6.07, 6.45) is 0. The van der Waals surface area contributed by atoms with Crippen LogP contribution in [-0.4, -0.2) is 33.2 Å². The maximum atomic E-state index is 5.74. The molecule has 0 saturated carbocycles. The Labute approximate surface area is 94.0 Å². The van der Waals surface area contributed by atoms with Gasteiger partial charge in [0.05, 0.1) is 12.6 Å². The van der Waals surface area contributed by atoms with Gasteiger partial charge < -0.3 is 24.7 Å². The highest BCUT2D eigenvalue weighted by Gasteiger charge is 2.14. The molecule has 2 rings (SSSR count). The molecule has 5 nitrogen and oxygen atoms in total. The van der Waals surface area contributed by atoms with Gasteiger partial charge in [-0.2, -0.15) is 0 Å². The first kappa shape index (κ1) is 11.0. The van der Waals surface area contributed by atoms with Crippen molar-refractivity contribution in [3.05, 3.63) is 18.2 Å². The van der Waals surface area contributed by atoms with Crippen molar-refractivity contribution in [1.29, 1.82) is 0 Å². The van der Waals surface area contributed by atoms with E-state index in [1.165, 1.54) is 0 Å². The van der Waals surface area contributed by atoms with E-state index in [4.69, 9.17) is 24.7 Å². The van der Waals surface area contributed by atoms with Gasteiger partial charge >= 0.3 is 0 Å². The summed E-state index contributed by atoms with van der Waals surface area (Å²) in [5.74, 6) is 2.17. The molecule has 0 spiro atoms. The van der Waals surface area contributed by atoms with Crippen molar-refractivity contribution in [3.8, 4) is 17.2 Å². The Bertz CT molecular complexity index is 356. The van der Waals surface area contributed by atoms with Gasteiger partial charge in [0.25, 0.3) is 0 Å². The molecule has 0 amide bonds. The lowest BCUT2D eigenvalue weighted by molar-refractivity contribution is 0.152. The summed E-state index contributed by atoms with van der Waals surface area (Å²) >= 11 is 0. The Hall–Kier alpha value is -1.46. The zero-order valence-electron chi connectivity index (χ0n) is 9.14. The molecule has 0 radical (unpaired) electrons. The first-order valence-corrected chi connectivity index (χ1v) is 5.06. The van der Waals surface area contributed by atoms with E-state index in [2.05, 4.69) is 0 Å². The highest BCUT2D eigenvalue weighted by atomic mass is 16.7. The molecule has 1 atom stereocenters. The fraction of sp³-hybridized carbons (Fsp3) is 0.455. The molecule has 0 bridgehead atoms. The van der Waals surface area contributed by atoms with Gasteiger partial charge in [-0.15, -0.1) is 0 Å². The van der Waals surface area contributed by atoms with Crippen LogP contribution in [0, 0.1) is 0 Å². The quantitative estimate of drug-likeness (QED) is 0.801. The third-order valence-electron chi connectivity index (χ3n) is 2.19. The minimum absolute atomic E-state index is 0.129. The number of hydrogen-bond donors (Lipinski definition) is 1. The summed E-state index contributed by atoms with van der Waals surface area (Å²) in [5, 5.41) is 0. The fourth-order valence-electron chi connectivity index (χ4n) is 1.43. The lowest BCUT2D eigenvalue weighted by atomic mass is 10.3. The zero-order chi connectivity index (χ0) is 11.4. The zero-order valence-corrected chi connectivity index (χ0v) is 9.14. The highest BCUT2D eigenvalue weighted by molar-refractivity contribution is 5.46. The maximum Gasteiger partial charge on any atom is 0.231 e. The van der Waals surface area contributed by atoms with Gasteiger partial charge in [-0.05, 0) is 12.1 Å². The van der Waals surface area contributed by atoms with Crippen molar-refractivity contribution in [3.63, 3.8) is 0 Å². The molecular weight excluding hydrogens is 210 g/mol. The molecule has 0 aliphatic carbocycles. The first-order valence-electron chi connectivity index (χ1n) is 5.06. The number of nitrogens with two attached hydrogens (primary N) is 1. The van der Waals surface area contributed by atoms with Crippen molar-refractivity contribution < 1.29 is 18.9 Å². The van der Waals surface area contributed by atoms with Crippen LogP contribution in [0.1, 0.15) is 0 Å². The van der Waals surface area contributed by atoms with Gasteiger partial charge in [-0.1, -0.05) is 0 Å². The number of rotatable bonds is 5. The molecule has 5 heteroatoms. The van der Waals surface area contributed by atoms with E-state index in [1.807, 2.05) is 12.1 Å². The molecular formula is C11H15NO4. The summed E-state index contributed by atoms with van der Waals surface area (Å²) in [6.45, 7) is 1.15. The van der Waals surface area contributed by atoms with Crippen LogP contribution in [0.5, 0.6) is 17.2 Å². The average Bonchev–Trinajstić information content (AvgIpc) is 2.74. The molecule has 0 fully saturated rings. The van der Waals surface area contributed by atoms with Crippen LogP contribution in [0.15, 0.2) is 18.2 Å². The van der Waals surface area contributed by atoms with Crippen LogP contribution in [0.3, 0.4) is 0 Å². The average molecular weight is 225 g/mol. The molecule has 1 aliphatic heterocycles. The largest absolute Gasteiger partial charge is 0.492 e. The van der Waals surface area contributed by atoms with Crippen molar-refractivity contribution in [2.24, 2.45) is 5.73 Å². The van der Waals surface area contributed by atoms with Crippen molar-refractivity contribution in [1.82, 2.24) is 0 Å². The van der Waals surface area contributed by atoms with E-state index in [0.29, 0.717) is 19.0 Å². The van der Waals surface area contributed by atoms with Crippen molar-refractivity contribution >= 4 is 0 Å². The summed E-state index contributed by atoms with van der Waals surface area (Å²) in [4.78, 5) is 0. The van der Waals surface area contributed by atoms with E-state index < -0.39 is 0 Å². The fourth-order valence-corrected chi connectivity index (χ4v) is 1.43. The Morgan fingerprint density at radius 3 is 2.94 bits per heavy atom. The molecule has 1 heterocycles. The molecule has 1 aromatic rings. The third kappa shape index (κ3) is 2.56. The van der Waals surface area contributed by atoms with Gasteiger partial charge in [-0.3, -0.25) is 0 Å². The molecule has 1 aliphatic rings. The van der Waals surface area contributed by atoms with Crippen LogP contribution in [0.2, 0.25) is 0 Å². The van der Waals surface area contributed by atoms with Crippen LogP contribution < -0.4 is 19.9 Å². The lowest BCUT2D eigenvalue weighted by Crippen LogP contribution is -2.32.